The molecule has 0 amide bonds. The number of hydrogen-bond donors (Lipinski definition) is 0. The van der Waals surface area contributed by atoms with Crippen LogP contribution >= 0.6 is 0 Å². The number of ether oxygens (including phenoxy) is 1. The molecule has 2 aliphatic carbocycles. The van der Waals surface area contributed by atoms with Crippen LogP contribution in [0.3, 0.4) is 0 Å². The number of benzene rings is 6. The van der Waals surface area contributed by atoms with Crippen molar-refractivity contribution in [3.63, 3.8) is 0 Å². The van der Waals surface area contributed by atoms with Gasteiger partial charge in [0.2, 0.25) is 0 Å². The van der Waals surface area contributed by atoms with E-state index >= 15 is 0 Å². The normalized spacial score (nSPS) is 14.0. The number of fused-ring (bicyclic) bond motifs is 10. The highest BCUT2D eigenvalue weighted by Crippen LogP contribution is 2.63. The molecule has 1 heteroatoms. The molecule has 0 aromatic heterocycles. The molecule has 0 aliphatic heterocycles. The van der Waals surface area contributed by atoms with Gasteiger partial charge in [0, 0.05) is 5.56 Å². The zero-order valence-electron chi connectivity index (χ0n) is 21.2. The lowest BCUT2D eigenvalue weighted by Gasteiger charge is -2.48. The second kappa shape index (κ2) is 7.94. The number of hydrogen-bond acceptors (Lipinski definition) is 1. The Labute approximate surface area is 223 Å². The van der Waals surface area contributed by atoms with Crippen molar-refractivity contribution in [1.82, 2.24) is 0 Å². The van der Waals surface area contributed by atoms with E-state index in [-0.39, 0.29) is 0 Å². The third kappa shape index (κ3) is 2.66. The van der Waals surface area contributed by atoms with E-state index in [4.69, 9.17) is 4.74 Å². The molecule has 1 nitrogen and oxygen atoms in total. The first-order valence-electron chi connectivity index (χ1n) is 13.3. The van der Waals surface area contributed by atoms with Crippen LogP contribution in [0.1, 0.15) is 33.4 Å². The SMILES string of the molecule is COc1ccc2cccc3c2c1C31c2ccccc2-c2ccccc2Cc2ccccc2-c2ccccc21. The Hall–Kier alpha value is -4.62. The van der Waals surface area contributed by atoms with Crippen molar-refractivity contribution in [2.24, 2.45) is 0 Å². The van der Waals surface area contributed by atoms with Gasteiger partial charge in [0.05, 0.1) is 12.5 Å². The van der Waals surface area contributed by atoms with E-state index in [0.29, 0.717) is 0 Å². The summed E-state index contributed by atoms with van der Waals surface area (Å²) < 4.78 is 6.12. The van der Waals surface area contributed by atoms with E-state index in [9.17, 15) is 0 Å². The Balaban J connectivity index is 1.62. The van der Waals surface area contributed by atoms with Crippen molar-refractivity contribution in [3.8, 4) is 28.0 Å². The van der Waals surface area contributed by atoms with Crippen LogP contribution in [0.2, 0.25) is 0 Å². The van der Waals surface area contributed by atoms with Crippen LogP contribution in [-0.2, 0) is 11.8 Å². The molecule has 8 rings (SSSR count). The zero-order valence-corrected chi connectivity index (χ0v) is 21.2. The maximum atomic E-state index is 6.12. The van der Waals surface area contributed by atoms with Gasteiger partial charge in [-0.3, -0.25) is 0 Å². The highest BCUT2D eigenvalue weighted by atomic mass is 16.5. The van der Waals surface area contributed by atoms with Crippen molar-refractivity contribution in [2.45, 2.75) is 11.8 Å². The van der Waals surface area contributed by atoms with Gasteiger partial charge in [-0.2, -0.15) is 0 Å². The predicted octanol–water partition coefficient (Wildman–Crippen LogP) is 8.78. The highest BCUT2D eigenvalue weighted by Gasteiger charge is 2.52. The van der Waals surface area contributed by atoms with Gasteiger partial charge in [-0.25, -0.2) is 0 Å². The molecule has 38 heavy (non-hydrogen) atoms. The Kier molecular flexibility index (Phi) is 4.48. The van der Waals surface area contributed by atoms with Crippen molar-refractivity contribution in [3.05, 3.63) is 161 Å². The molecule has 0 heterocycles. The van der Waals surface area contributed by atoms with E-state index in [1.165, 1.54) is 66.4 Å². The summed E-state index contributed by atoms with van der Waals surface area (Å²) in [6, 6.07) is 47.0. The maximum Gasteiger partial charge on any atom is 0.124 e. The van der Waals surface area contributed by atoms with E-state index in [0.717, 1.165) is 12.2 Å². The summed E-state index contributed by atoms with van der Waals surface area (Å²) in [7, 11) is 1.80. The average Bonchev–Trinajstić information content (AvgIpc) is 2.97. The van der Waals surface area contributed by atoms with Crippen molar-refractivity contribution in [1.29, 1.82) is 0 Å². The van der Waals surface area contributed by atoms with Crippen LogP contribution in [0, 0.1) is 0 Å². The molecule has 0 saturated carbocycles. The summed E-state index contributed by atoms with van der Waals surface area (Å²) in [5, 5.41) is 2.58. The minimum absolute atomic E-state index is 0.466. The van der Waals surface area contributed by atoms with E-state index in [1.807, 2.05) is 0 Å². The van der Waals surface area contributed by atoms with Crippen LogP contribution < -0.4 is 4.74 Å². The van der Waals surface area contributed by atoms with Gasteiger partial charge in [0.1, 0.15) is 5.75 Å². The minimum atomic E-state index is -0.466. The summed E-state index contributed by atoms with van der Waals surface area (Å²) >= 11 is 0. The minimum Gasteiger partial charge on any atom is -0.496 e. The molecule has 0 unspecified atom stereocenters. The van der Waals surface area contributed by atoms with E-state index < -0.39 is 5.41 Å². The summed E-state index contributed by atoms with van der Waals surface area (Å²) in [5.74, 6) is 0.944. The predicted molar refractivity (Wildman–Crippen MR) is 156 cm³/mol. The molecule has 6 aromatic rings. The smallest absolute Gasteiger partial charge is 0.124 e. The first-order valence-corrected chi connectivity index (χ1v) is 13.3. The Bertz CT molecular complexity index is 1800. The first kappa shape index (κ1) is 21.5. The van der Waals surface area contributed by atoms with Gasteiger partial charge in [0.15, 0.2) is 0 Å². The van der Waals surface area contributed by atoms with Crippen LogP contribution in [0.25, 0.3) is 33.0 Å². The lowest BCUT2D eigenvalue weighted by Crippen LogP contribution is -2.39. The molecule has 0 fully saturated rings. The largest absolute Gasteiger partial charge is 0.496 e. The Morgan fingerprint density at radius 3 is 1.63 bits per heavy atom. The van der Waals surface area contributed by atoms with Crippen molar-refractivity contribution >= 4 is 10.8 Å². The molecule has 6 aromatic carbocycles. The topological polar surface area (TPSA) is 9.23 Å². The fraction of sp³-hybridized carbons (Fsp3) is 0.0811. The fourth-order valence-corrected chi connectivity index (χ4v) is 7.16. The number of rotatable bonds is 1. The standard InChI is InChI=1S/C37H26O/c1-38-34-22-21-24-13-10-20-33-35(24)36(34)37(33)31-18-8-6-16-29(31)27-14-4-2-11-25(27)23-26-12-3-5-15-28(26)30-17-7-9-19-32(30)37/h2-22H,23H2,1H3. The Morgan fingerprint density at radius 2 is 1.03 bits per heavy atom. The van der Waals surface area contributed by atoms with Gasteiger partial charge in [-0.15, -0.1) is 0 Å². The van der Waals surface area contributed by atoms with Gasteiger partial charge >= 0.3 is 0 Å². The second-order valence-electron chi connectivity index (χ2n) is 10.4. The summed E-state index contributed by atoms with van der Waals surface area (Å²) in [4.78, 5) is 0. The first-order chi connectivity index (χ1) is 18.8. The van der Waals surface area contributed by atoms with Gasteiger partial charge < -0.3 is 4.74 Å². The molecular formula is C37H26O. The lowest BCUT2D eigenvalue weighted by molar-refractivity contribution is 0.404. The van der Waals surface area contributed by atoms with Crippen LogP contribution in [0.5, 0.6) is 5.75 Å². The molecule has 0 bridgehead atoms. The summed E-state index contributed by atoms with van der Waals surface area (Å²) in [6.07, 6.45) is 0.886. The van der Waals surface area contributed by atoms with Crippen molar-refractivity contribution < 1.29 is 4.74 Å². The van der Waals surface area contributed by atoms with Crippen LogP contribution in [0.4, 0.5) is 0 Å². The van der Waals surface area contributed by atoms with E-state index in [2.05, 4.69) is 127 Å². The zero-order chi connectivity index (χ0) is 25.3. The highest BCUT2D eigenvalue weighted by molar-refractivity contribution is 6.05. The monoisotopic (exact) mass is 486 g/mol. The molecule has 2 aliphatic rings. The molecule has 1 spiro atoms. The second-order valence-corrected chi connectivity index (χ2v) is 10.4. The molecule has 0 atom stereocenters. The van der Waals surface area contributed by atoms with Crippen LogP contribution in [-0.4, -0.2) is 7.11 Å². The summed E-state index contributed by atoms with van der Waals surface area (Å²) in [5.41, 5.74) is 12.6. The molecule has 0 N–H and O–H groups in total. The molecule has 180 valence electrons. The molecular weight excluding hydrogens is 460 g/mol. The van der Waals surface area contributed by atoms with E-state index in [1.54, 1.807) is 7.11 Å². The average molecular weight is 487 g/mol. The quantitative estimate of drug-likeness (QED) is 0.225. The van der Waals surface area contributed by atoms with Gasteiger partial charge in [-0.05, 0) is 73.3 Å². The van der Waals surface area contributed by atoms with Crippen molar-refractivity contribution in [2.75, 3.05) is 7.11 Å². The van der Waals surface area contributed by atoms with Gasteiger partial charge in [-0.1, -0.05) is 121 Å². The third-order valence-electron chi connectivity index (χ3n) is 8.66. The lowest BCUT2D eigenvalue weighted by atomic mass is 9.53. The molecule has 0 radical (unpaired) electrons. The summed E-state index contributed by atoms with van der Waals surface area (Å²) in [6.45, 7) is 0. The third-order valence-corrected chi connectivity index (χ3v) is 8.66. The van der Waals surface area contributed by atoms with Crippen LogP contribution in [0.15, 0.2) is 127 Å². The molecule has 0 saturated heterocycles. The Morgan fingerprint density at radius 1 is 0.500 bits per heavy atom. The number of methoxy groups -OCH3 is 1. The fourth-order valence-electron chi connectivity index (χ4n) is 7.16. The van der Waals surface area contributed by atoms with Gasteiger partial charge in [0.25, 0.3) is 0 Å². The maximum absolute atomic E-state index is 6.12.